The number of hydrogen-bond acceptors (Lipinski definition) is 10. The van der Waals surface area contributed by atoms with E-state index in [0.717, 1.165) is 0 Å². The van der Waals surface area contributed by atoms with Crippen LogP contribution in [-0.4, -0.2) is 50.4 Å². The van der Waals surface area contributed by atoms with E-state index in [1.807, 2.05) is 135 Å². The molecular formula is C40H40N2O8P2. The molecule has 52 heavy (non-hydrogen) atoms. The van der Waals surface area contributed by atoms with E-state index in [9.17, 15) is 10.5 Å². The van der Waals surface area contributed by atoms with Gasteiger partial charge < -0.3 is 0 Å². The van der Waals surface area contributed by atoms with Crippen LogP contribution in [-0.2, 0) is 59.0 Å². The van der Waals surface area contributed by atoms with Gasteiger partial charge in [0, 0.05) is 0 Å². The molecule has 4 unspecified atom stereocenters. The Morgan fingerprint density at radius 1 is 0.519 bits per heavy atom. The quantitative estimate of drug-likeness (QED) is 0.164. The van der Waals surface area contributed by atoms with Crippen molar-refractivity contribution < 1.29 is 36.6 Å². The van der Waals surface area contributed by atoms with Gasteiger partial charge in [-0.1, -0.05) is 0 Å². The first-order valence-corrected chi connectivity index (χ1v) is 22.0. The summed E-state index contributed by atoms with van der Waals surface area (Å²) in [6.07, 6.45) is 0. The Hall–Kier alpha value is -3.60. The Morgan fingerprint density at radius 3 is 1.08 bits per heavy atom. The van der Waals surface area contributed by atoms with Crippen molar-refractivity contribution >= 4 is 14.6 Å². The molecule has 2 spiro atoms. The molecule has 0 bridgehead atoms. The number of nitrogens with zero attached hydrogens (tertiary/aromatic N) is 2. The molecule has 12 heteroatoms. The Morgan fingerprint density at radius 2 is 0.808 bits per heavy atom. The molecule has 0 amide bonds. The first kappa shape index (κ1) is 34.2. The minimum absolute atomic E-state index is 0.159. The van der Waals surface area contributed by atoms with E-state index >= 15 is 0 Å². The summed E-state index contributed by atoms with van der Waals surface area (Å²) in [5.74, 6) is 0. The fourth-order valence-electron chi connectivity index (χ4n) is 10.4. The average molecular weight is 739 g/mol. The number of rotatable bonds is 8. The van der Waals surface area contributed by atoms with E-state index in [-0.39, 0.29) is 39.6 Å². The number of ether oxygens (including phenoxy) is 2. The van der Waals surface area contributed by atoms with Gasteiger partial charge in [0.15, 0.2) is 0 Å². The second-order valence-electron chi connectivity index (χ2n) is 13.7. The maximum atomic E-state index is 11.8. The molecule has 4 aromatic rings. The summed E-state index contributed by atoms with van der Waals surface area (Å²) >= 11 is 0. The Labute approximate surface area is 303 Å². The summed E-state index contributed by atoms with van der Waals surface area (Å²) in [6.45, 7) is 4.75. The standard InChI is InChI=1S/C40H40N2O8P2/c1-3-43-39(33-21-13-7-14-22-33)35-51(45-25-26-46-51,49-37(39,29-41)31-17-9-5-10-18-31)36-40(44-4-2,34-23-15-8-16-24-34)38(30-42,32-19-11-6-12-20-32)50-52(35,36)47-27-28-48-52/h5-24,35-36H,3-4,25-28H2,1-2H3. The second-order valence-corrected chi connectivity index (χ2v) is 22.0. The predicted octanol–water partition coefficient (Wildman–Crippen LogP) is 8.10. The van der Waals surface area contributed by atoms with Crippen molar-refractivity contribution in [1.82, 2.24) is 0 Å². The van der Waals surface area contributed by atoms with Crippen molar-refractivity contribution in [3.63, 3.8) is 0 Å². The molecule has 0 radical (unpaired) electrons. The normalized spacial score (nSPS) is 36.9. The van der Waals surface area contributed by atoms with Gasteiger partial charge in [-0.3, -0.25) is 0 Å². The van der Waals surface area contributed by atoms with Crippen LogP contribution in [0.2, 0.25) is 0 Å². The summed E-state index contributed by atoms with van der Waals surface area (Å²) in [4.78, 5) is 0. The molecule has 0 aromatic heterocycles. The van der Waals surface area contributed by atoms with Crippen LogP contribution in [0.15, 0.2) is 121 Å². The molecule has 5 heterocycles. The van der Waals surface area contributed by atoms with Gasteiger partial charge in [-0.25, -0.2) is 0 Å². The molecule has 0 N–H and O–H groups in total. The molecule has 5 aliphatic rings. The third kappa shape index (κ3) is 3.54. The average Bonchev–Trinajstić information content (AvgIpc) is 3.93. The van der Waals surface area contributed by atoms with E-state index in [1.54, 1.807) is 0 Å². The van der Waals surface area contributed by atoms with Crippen molar-refractivity contribution in [2.75, 3.05) is 39.6 Å². The number of hydrogen-bond donors (Lipinski definition) is 0. The van der Waals surface area contributed by atoms with Crippen LogP contribution in [0.1, 0.15) is 36.1 Å². The van der Waals surface area contributed by atoms with Gasteiger partial charge in [-0.2, -0.15) is 0 Å². The van der Waals surface area contributed by atoms with Crippen molar-refractivity contribution in [2.24, 2.45) is 0 Å². The van der Waals surface area contributed by atoms with Crippen molar-refractivity contribution in [1.29, 1.82) is 10.5 Å². The molecule has 10 nitrogen and oxygen atoms in total. The number of benzene rings is 4. The van der Waals surface area contributed by atoms with Crippen molar-refractivity contribution in [2.45, 2.75) is 47.1 Å². The zero-order valence-electron chi connectivity index (χ0n) is 29.0. The third-order valence-electron chi connectivity index (χ3n) is 11.5. The van der Waals surface area contributed by atoms with Gasteiger partial charge in [-0.15, -0.1) is 0 Å². The molecule has 4 aromatic carbocycles. The van der Waals surface area contributed by atoms with Crippen LogP contribution in [0, 0.1) is 22.7 Å². The van der Waals surface area contributed by atoms with Gasteiger partial charge in [0.25, 0.3) is 0 Å². The SMILES string of the molecule is CCOC1(c2ccccc2)C2P3(OCCO3)(OC1(C#N)c1ccccc1)C1C(OCC)(c3ccccc3)C(C#N)(c3ccccc3)OP213OCCO3. The molecule has 4 atom stereocenters. The third-order valence-corrected chi connectivity index (χ3v) is 25.6. The molecular weight excluding hydrogens is 698 g/mol. The van der Waals surface area contributed by atoms with E-state index in [1.165, 1.54) is 0 Å². The summed E-state index contributed by atoms with van der Waals surface area (Å²) < 4.78 is 58.8. The van der Waals surface area contributed by atoms with E-state index in [2.05, 4.69) is 12.1 Å². The molecule has 5 aliphatic heterocycles. The fourth-order valence-corrected chi connectivity index (χ4v) is 29.2. The van der Waals surface area contributed by atoms with E-state index < -0.39 is 47.8 Å². The number of nitriles is 2. The van der Waals surface area contributed by atoms with Crippen molar-refractivity contribution in [3.8, 4) is 12.1 Å². The van der Waals surface area contributed by atoms with Gasteiger partial charge in [0.2, 0.25) is 0 Å². The molecule has 5 fully saturated rings. The molecule has 0 saturated carbocycles. The molecule has 0 aliphatic carbocycles. The van der Waals surface area contributed by atoms with Crippen LogP contribution in [0.4, 0.5) is 0 Å². The summed E-state index contributed by atoms with van der Waals surface area (Å²) in [7, 11) is -9.90. The zero-order valence-corrected chi connectivity index (χ0v) is 30.8. The van der Waals surface area contributed by atoms with Crippen LogP contribution >= 0.6 is 14.6 Å². The Bertz CT molecular complexity index is 1920. The summed E-state index contributed by atoms with van der Waals surface area (Å²) in [5.41, 5.74) is -4.72. The van der Waals surface area contributed by atoms with E-state index in [0.29, 0.717) is 22.3 Å². The monoisotopic (exact) mass is 738 g/mol. The molecule has 5 saturated heterocycles. The zero-order chi connectivity index (χ0) is 35.8. The van der Waals surface area contributed by atoms with Crippen LogP contribution in [0.5, 0.6) is 0 Å². The Kier molecular flexibility index (Phi) is 7.53. The van der Waals surface area contributed by atoms with Gasteiger partial charge in [-0.05, 0) is 0 Å². The molecule has 268 valence electrons. The van der Waals surface area contributed by atoms with Gasteiger partial charge >= 0.3 is 304 Å². The first-order chi connectivity index (χ1) is 25.4. The summed E-state index contributed by atoms with van der Waals surface area (Å²) in [5, 5.41) is 21.5. The van der Waals surface area contributed by atoms with Gasteiger partial charge in [0.05, 0.1) is 0 Å². The van der Waals surface area contributed by atoms with Crippen molar-refractivity contribution in [3.05, 3.63) is 144 Å². The van der Waals surface area contributed by atoms with E-state index in [4.69, 9.17) is 36.6 Å². The van der Waals surface area contributed by atoms with Gasteiger partial charge in [0.1, 0.15) is 0 Å². The topological polar surface area (TPSA) is 121 Å². The fraction of sp³-hybridized carbons (Fsp3) is 0.350. The van der Waals surface area contributed by atoms with Crippen LogP contribution in [0.25, 0.3) is 0 Å². The van der Waals surface area contributed by atoms with Crippen LogP contribution < -0.4 is 0 Å². The minimum atomic E-state index is -4.95. The molecule has 9 rings (SSSR count). The maximum absolute atomic E-state index is 11.8. The van der Waals surface area contributed by atoms with Crippen LogP contribution in [0.3, 0.4) is 0 Å². The first-order valence-electron chi connectivity index (χ1n) is 17.8. The predicted molar refractivity (Wildman–Crippen MR) is 194 cm³/mol. The summed E-state index contributed by atoms with van der Waals surface area (Å²) in [6, 6.07) is 43.2. The second kappa shape index (κ2) is 11.5. The Balaban J connectivity index is 1.51.